The first-order valence-electron chi connectivity index (χ1n) is 6.43. The molecular weight excluding hydrogens is 399 g/mol. The summed E-state index contributed by atoms with van der Waals surface area (Å²) < 4.78 is 0. The molecule has 0 atom stereocenters. The predicted octanol–water partition coefficient (Wildman–Crippen LogP) is 3.84. The third kappa shape index (κ3) is 5.89. The Kier molecular flexibility index (Phi) is 7.45. The van der Waals surface area contributed by atoms with Crippen molar-refractivity contribution in [3.63, 3.8) is 0 Å². The highest BCUT2D eigenvalue weighted by molar-refractivity contribution is 14.0. The minimum atomic E-state index is 0. The lowest BCUT2D eigenvalue weighted by Gasteiger charge is -2.07. The van der Waals surface area contributed by atoms with E-state index in [9.17, 15) is 0 Å². The van der Waals surface area contributed by atoms with E-state index in [0.717, 1.165) is 17.7 Å². The van der Waals surface area contributed by atoms with E-state index in [-0.39, 0.29) is 24.0 Å². The average molecular weight is 417 g/mol. The van der Waals surface area contributed by atoms with E-state index in [2.05, 4.69) is 34.3 Å². The van der Waals surface area contributed by atoms with Gasteiger partial charge in [-0.15, -0.1) is 24.0 Å². The summed E-state index contributed by atoms with van der Waals surface area (Å²) in [6.07, 6.45) is 2.68. The zero-order valence-electron chi connectivity index (χ0n) is 11.7. The SMILES string of the molecule is CCc1cccc(NC(N)=NCc2ccc(Cl)nc2)c1.I. The minimum absolute atomic E-state index is 0. The third-order valence-electron chi connectivity index (χ3n) is 2.83. The van der Waals surface area contributed by atoms with Gasteiger partial charge in [0.2, 0.25) is 0 Å². The van der Waals surface area contributed by atoms with E-state index in [1.165, 1.54) is 5.56 Å². The highest BCUT2D eigenvalue weighted by Gasteiger charge is 1.97. The zero-order valence-corrected chi connectivity index (χ0v) is 14.8. The standard InChI is InChI=1S/C15H17ClN4.HI/c1-2-11-4-3-5-13(8-11)20-15(17)19-10-12-6-7-14(16)18-9-12;/h3-9H,2,10H2,1H3,(H3,17,19,20);1H. The van der Waals surface area contributed by atoms with Crippen molar-refractivity contribution in [1.29, 1.82) is 0 Å². The van der Waals surface area contributed by atoms with Crippen LogP contribution < -0.4 is 11.1 Å². The Morgan fingerprint density at radius 2 is 2.10 bits per heavy atom. The first kappa shape index (κ1) is 17.7. The molecule has 0 saturated heterocycles. The molecule has 3 N–H and O–H groups in total. The van der Waals surface area contributed by atoms with E-state index in [0.29, 0.717) is 17.7 Å². The molecule has 0 saturated carbocycles. The summed E-state index contributed by atoms with van der Waals surface area (Å²) in [6.45, 7) is 2.58. The molecule has 21 heavy (non-hydrogen) atoms. The number of pyridine rings is 1. The number of aromatic nitrogens is 1. The third-order valence-corrected chi connectivity index (χ3v) is 3.05. The van der Waals surface area contributed by atoms with Crippen LogP contribution in [0.3, 0.4) is 0 Å². The summed E-state index contributed by atoms with van der Waals surface area (Å²) in [4.78, 5) is 8.27. The molecule has 1 heterocycles. The van der Waals surface area contributed by atoms with E-state index in [1.807, 2.05) is 18.2 Å². The van der Waals surface area contributed by atoms with E-state index in [1.54, 1.807) is 12.3 Å². The van der Waals surface area contributed by atoms with Crippen molar-refractivity contribution in [2.75, 3.05) is 5.32 Å². The van der Waals surface area contributed by atoms with Gasteiger partial charge in [-0.1, -0.05) is 36.7 Å². The molecule has 112 valence electrons. The van der Waals surface area contributed by atoms with Crippen LogP contribution in [0.25, 0.3) is 0 Å². The number of hydrogen-bond donors (Lipinski definition) is 2. The number of guanidine groups is 1. The number of aryl methyl sites for hydroxylation is 1. The van der Waals surface area contributed by atoms with Gasteiger partial charge in [0.15, 0.2) is 5.96 Å². The van der Waals surface area contributed by atoms with Gasteiger partial charge >= 0.3 is 0 Å². The fourth-order valence-corrected chi connectivity index (χ4v) is 1.84. The number of benzene rings is 1. The van der Waals surface area contributed by atoms with Crippen LogP contribution in [-0.2, 0) is 13.0 Å². The van der Waals surface area contributed by atoms with Crippen molar-refractivity contribution >= 4 is 47.2 Å². The van der Waals surface area contributed by atoms with Crippen molar-refractivity contribution in [3.8, 4) is 0 Å². The second-order valence-electron chi connectivity index (χ2n) is 4.37. The van der Waals surface area contributed by atoms with Gasteiger partial charge in [0, 0.05) is 11.9 Å². The summed E-state index contributed by atoms with van der Waals surface area (Å²) in [6, 6.07) is 11.7. The highest BCUT2D eigenvalue weighted by Crippen LogP contribution is 2.11. The number of nitrogens with two attached hydrogens (primary N) is 1. The summed E-state index contributed by atoms with van der Waals surface area (Å²) in [7, 11) is 0. The predicted molar refractivity (Wildman–Crippen MR) is 99.4 cm³/mol. The Labute approximate surface area is 146 Å². The minimum Gasteiger partial charge on any atom is -0.370 e. The second-order valence-corrected chi connectivity index (χ2v) is 4.76. The van der Waals surface area contributed by atoms with Crippen LogP contribution in [0.4, 0.5) is 5.69 Å². The quantitative estimate of drug-likeness (QED) is 0.344. The largest absolute Gasteiger partial charge is 0.370 e. The number of aliphatic imine (C=N–C) groups is 1. The second kappa shape index (κ2) is 8.84. The Bertz CT molecular complexity index is 599. The molecule has 1 aromatic carbocycles. The van der Waals surface area contributed by atoms with Crippen LogP contribution in [-0.4, -0.2) is 10.9 Å². The molecule has 0 aliphatic rings. The van der Waals surface area contributed by atoms with Crippen LogP contribution in [0, 0.1) is 0 Å². The lowest BCUT2D eigenvalue weighted by Crippen LogP contribution is -2.22. The molecule has 2 aromatic rings. The zero-order chi connectivity index (χ0) is 14.4. The normalized spacial score (nSPS) is 10.9. The van der Waals surface area contributed by atoms with Crippen molar-refractivity contribution in [2.45, 2.75) is 19.9 Å². The molecule has 0 radical (unpaired) electrons. The highest BCUT2D eigenvalue weighted by atomic mass is 127. The number of nitrogens with zero attached hydrogens (tertiary/aromatic N) is 2. The van der Waals surface area contributed by atoms with Crippen LogP contribution in [0.1, 0.15) is 18.1 Å². The lowest BCUT2D eigenvalue weighted by atomic mass is 10.1. The topological polar surface area (TPSA) is 63.3 Å². The maximum absolute atomic E-state index is 5.87. The molecule has 2 rings (SSSR count). The van der Waals surface area contributed by atoms with Crippen LogP contribution >= 0.6 is 35.6 Å². The fraction of sp³-hybridized carbons (Fsp3) is 0.200. The molecule has 0 aliphatic carbocycles. The summed E-state index contributed by atoms with van der Waals surface area (Å²) in [5.41, 5.74) is 9.03. The van der Waals surface area contributed by atoms with Crippen LogP contribution in [0.5, 0.6) is 0 Å². The number of rotatable bonds is 4. The van der Waals surface area contributed by atoms with Gasteiger partial charge in [-0.05, 0) is 35.7 Å². The Morgan fingerprint density at radius 1 is 1.29 bits per heavy atom. The molecule has 1 aromatic heterocycles. The number of nitrogens with one attached hydrogen (secondary N) is 1. The summed E-state index contributed by atoms with van der Waals surface area (Å²) in [5, 5.41) is 3.55. The van der Waals surface area contributed by atoms with Gasteiger partial charge < -0.3 is 11.1 Å². The molecular formula is C15H18ClIN4. The number of anilines is 1. The molecule has 4 nitrogen and oxygen atoms in total. The maximum Gasteiger partial charge on any atom is 0.193 e. The van der Waals surface area contributed by atoms with E-state index < -0.39 is 0 Å². The first-order valence-corrected chi connectivity index (χ1v) is 6.81. The van der Waals surface area contributed by atoms with E-state index in [4.69, 9.17) is 17.3 Å². The van der Waals surface area contributed by atoms with Gasteiger partial charge in [-0.3, -0.25) is 0 Å². The van der Waals surface area contributed by atoms with Gasteiger partial charge in [-0.2, -0.15) is 0 Å². The molecule has 0 unspecified atom stereocenters. The van der Waals surface area contributed by atoms with E-state index >= 15 is 0 Å². The van der Waals surface area contributed by atoms with Crippen molar-refractivity contribution < 1.29 is 0 Å². The lowest BCUT2D eigenvalue weighted by molar-refractivity contribution is 1.04. The molecule has 0 bridgehead atoms. The molecule has 0 fully saturated rings. The Balaban J connectivity index is 0.00000220. The number of hydrogen-bond acceptors (Lipinski definition) is 2. The van der Waals surface area contributed by atoms with Crippen molar-refractivity contribution in [1.82, 2.24) is 4.98 Å². The molecule has 0 amide bonds. The summed E-state index contributed by atoms with van der Waals surface area (Å²) in [5.74, 6) is 0.383. The van der Waals surface area contributed by atoms with Gasteiger partial charge in [0.05, 0.1) is 6.54 Å². The molecule has 0 spiro atoms. The fourth-order valence-electron chi connectivity index (χ4n) is 1.73. The summed E-state index contributed by atoms with van der Waals surface area (Å²) >= 11 is 5.73. The van der Waals surface area contributed by atoms with Gasteiger partial charge in [0.1, 0.15) is 5.15 Å². The van der Waals surface area contributed by atoms with Crippen LogP contribution in [0.15, 0.2) is 47.6 Å². The molecule has 6 heteroatoms. The first-order chi connectivity index (χ1) is 9.67. The Morgan fingerprint density at radius 3 is 2.76 bits per heavy atom. The Hall–Kier alpha value is -1.34. The average Bonchev–Trinajstić information content (AvgIpc) is 2.47. The van der Waals surface area contributed by atoms with Crippen molar-refractivity contribution in [3.05, 3.63) is 58.9 Å². The van der Waals surface area contributed by atoms with Gasteiger partial charge in [-0.25, -0.2) is 9.98 Å². The van der Waals surface area contributed by atoms with Gasteiger partial charge in [0.25, 0.3) is 0 Å². The smallest absolute Gasteiger partial charge is 0.193 e. The number of halogens is 2. The maximum atomic E-state index is 5.87. The monoisotopic (exact) mass is 416 g/mol. The van der Waals surface area contributed by atoms with Crippen LogP contribution in [0.2, 0.25) is 5.15 Å². The molecule has 0 aliphatic heterocycles. The van der Waals surface area contributed by atoms with Crippen molar-refractivity contribution in [2.24, 2.45) is 10.7 Å².